The van der Waals surface area contributed by atoms with Crippen LogP contribution < -0.4 is 5.56 Å². The number of azo groups is 1. The summed E-state index contributed by atoms with van der Waals surface area (Å²) < 4.78 is 73.0. The van der Waals surface area contributed by atoms with Gasteiger partial charge in [0, 0.05) is 29.3 Å². The summed E-state index contributed by atoms with van der Waals surface area (Å²) in [6.07, 6.45) is -3.35. The van der Waals surface area contributed by atoms with E-state index in [1.54, 1.807) is 0 Å². The summed E-state index contributed by atoms with van der Waals surface area (Å²) in [6.45, 7) is 0. The molecular formula is C25H15F3N6O6S. The molecule has 0 aliphatic rings. The number of benzene rings is 3. The van der Waals surface area contributed by atoms with Gasteiger partial charge in [-0.2, -0.15) is 26.7 Å². The first-order chi connectivity index (χ1) is 19.3. The molecule has 0 aliphatic heterocycles. The third kappa shape index (κ3) is 5.45. The highest BCUT2D eigenvalue weighted by Gasteiger charge is 2.31. The van der Waals surface area contributed by atoms with Gasteiger partial charge in [-0.3, -0.25) is 29.5 Å². The number of alkyl halides is 3. The van der Waals surface area contributed by atoms with Gasteiger partial charge in [0.15, 0.2) is 5.69 Å². The Hall–Kier alpha value is -5.22. The van der Waals surface area contributed by atoms with Crippen LogP contribution in [-0.2, 0) is 16.3 Å². The number of nitro benzene ring substituents is 1. The number of fused-ring (bicyclic) bond motifs is 1. The first kappa shape index (κ1) is 27.4. The molecule has 0 unspecified atom stereocenters. The highest BCUT2D eigenvalue weighted by Crippen LogP contribution is 2.34. The summed E-state index contributed by atoms with van der Waals surface area (Å²) in [5.41, 5.74) is -1.68. The van der Waals surface area contributed by atoms with E-state index in [4.69, 9.17) is 4.55 Å². The molecule has 16 heteroatoms. The fraction of sp³-hybridized carbons (Fsp3) is 0.0400. The third-order valence-electron chi connectivity index (χ3n) is 5.92. The standard InChI is InChI=1S/C25H15F3N6O6S/c26-25(27,28)15-3-10-20-19(13-15)21(11-12-29-20)33-24(35)23(22(32-33)14-1-6-17(7-2-14)34(36)37)31-30-16-4-8-18(9-5-16)41(38,39)40/h1-13,32H,(H,38,39,40). The van der Waals surface area contributed by atoms with Gasteiger partial charge < -0.3 is 0 Å². The van der Waals surface area contributed by atoms with E-state index in [0.717, 1.165) is 28.9 Å². The summed E-state index contributed by atoms with van der Waals surface area (Å²) in [5.74, 6) is 0. The average Bonchev–Trinajstić information content (AvgIpc) is 3.26. The monoisotopic (exact) mass is 584 g/mol. The van der Waals surface area contributed by atoms with E-state index >= 15 is 0 Å². The maximum atomic E-state index is 13.6. The van der Waals surface area contributed by atoms with Crippen molar-refractivity contribution in [3.05, 3.63) is 105 Å². The van der Waals surface area contributed by atoms with Crippen LogP contribution in [0.3, 0.4) is 0 Å². The number of halogens is 3. The number of nitrogens with one attached hydrogen (secondary N) is 1. The third-order valence-corrected chi connectivity index (χ3v) is 6.79. The molecule has 0 radical (unpaired) electrons. The Labute approximate surface area is 227 Å². The lowest BCUT2D eigenvalue weighted by Crippen LogP contribution is -2.15. The molecule has 0 fully saturated rings. The topological polar surface area (TPSA) is 173 Å². The second-order valence-electron chi connectivity index (χ2n) is 8.51. The van der Waals surface area contributed by atoms with Crippen molar-refractivity contribution < 1.29 is 31.1 Å². The summed E-state index contributed by atoms with van der Waals surface area (Å²) >= 11 is 0. The van der Waals surface area contributed by atoms with Gasteiger partial charge in [0.2, 0.25) is 0 Å². The normalized spacial score (nSPS) is 12.3. The molecular weight excluding hydrogens is 569 g/mol. The second-order valence-corrected chi connectivity index (χ2v) is 9.93. The van der Waals surface area contributed by atoms with Crippen molar-refractivity contribution >= 4 is 38.1 Å². The van der Waals surface area contributed by atoms with Crippen molar-refractivity contribution in [2.75, 3.05) is 0 Å². The molecule has 0 saturated heterocycles. The number of pyridine rings is 1. The molecule has 0 spiro atoms. The molecule has 5 rings (SSSR count). The van der Waals surface area contributed by atoms with Gasteiger partial charge in [0.25, 0.3) is 21.4 Å². The molecule has 0 bridgehead atoms. The lowest BCUT2D eigenvalue weighted by molar-refractivity contribution is -0.384. The van der Waals surface area contributed by atoms with E-state index in [2.05, 4.69) is 20.3 Å². The predicted molar refractivity (Wildman–Crippen MR) is 139 cm³/mol. The number of nitrogens with zero attached hydrogens (tertiary/aromatic N) is 5. The summed E-state index contributed by atoms with van der Waals surface area (Å²) in [7, 11) is -4.46. The van der Waals surface area contributed by atoms with Crippen LogP contribution in [0.2, 0.25) is 0 Å². The minimum Gasteiger partial charge on any atom is -0.288 e. The molecule has 2 aromatic heterocycles. The van der Waals surface area contributed by atoms with Crippen molar-refractivity contribution in [3.8, 4) is 16.9 Å². The zero-order chi connectivity index (χ0) is 29.5. The van der Waals surface area contributed by atoms with Crippen LogP contribution in [0, 0.1) is 10.1 Å². The predicted octanol–water partition coefficient (Wildman–Crippen LogP) is 5.97. The summed E-state index contributed by atoms with van der Waals surface area (Å²) in [6, 6.07) is 13.9. The molecule has 41 heavy (non-hydrogen) atoms. The van der Waals surface area contributed by atoms with Gasteiger partial charge in [-0.05, 0) is 60.7 Å². The van der Waals surface area contributed by atoms with Gasteiger partial charge in [0.05, 0.1) is 38.0 Å². The number of H-pyrrole nitrogens is 1. The first-order valence-electron chi connectivity index (χ1n) is 11.4. The molecule has 12 nitrogen and oxygen atoms in total. The largest absolute Gasteiger partial charge is 0.416 e. The maximum absolute atomic E-state index is 13.6. The number of aromatic amines is 1. The van der Waals surface area contributed by atoms with Gasteiger partial charge in [-0.25, -0.2) is 4.68 Å². The van der Waals surface area contributed by atoms with Crippen LogP contribution in [0.4, 0.5) is 30.2 Å². The van der Waals surface area contributed by atoms with E-state index in [1.165, 1.54) is 54.7 Å². The zero-order valence-electron chi connectivity index (χ0n) is 20.3. The van der Waals surface area contributed by atoms with Crippen LogP contribution in [0.25, 0.3) is 27.8 Å². The molecule has 2 N–H and O–H groups in total. The molecule has 0 amide bonds. The molecule has 0 atom stereocenters. The summed E-state index contributed by atoms with van der Waals surface area (Å²) in [4.78, 5) is 27.7. The molecule has 0 aliphatic carbocycles. The molecule has 5 aromatic rings. The van der Waals surface area contributed by atoms with Crippen molar-refractivity contribution in [1.82, 2.24) is 14.8 Å². The molecule has 3 aromatic carbocycles. The van der Waals surface area contributed by atoms with Crippen LogP contribution in [0.15, 0.2) is 98.9 Å². The summed E-state index contributed by atoms with van der Waals surface area (Å²) in [5, 5.41) is 21.9. The Bertz CT molecular complexity index is 2000. The van der Waals surface area contributed by atoms with Gasteiger partial charge in [-0.1, -0.05) is 0 Å². The number of hydrogen-bond acceptors (Lipinski definition) is 8. The van der Waals surface area contributed by atoms with Crippen molar-refractivity contribution in [1.29, 1.82) is 0 Å². The second kappa shape index (κ2) is 10.1. The quantitative estimate of drug-likeness (QED) is 0.107. The van der Waals surface area contributed by atoms with Gasteiger partial charge in [0.1, 0.15) is 0 Å². The Morgan fingerprint density at radius 2 is 1.66 bits per heavy atom. The fourth-order valence-corrected chi connectivity index (χ4v) is 4.42. The Morgan fingerprint density at radius 1 is 0.976 bits per heavy atom. The fourth-order valence-electron chi connectivity index (χ4n) is 3.94. The van der Waals surface area contributed by atoms with Gasteiger partial charge in [-0.15, -0.1) is 5.11 Å². The lowest BCUT2D eigenvalue weighted by Gasteiger charge is -2.10. The molecule has 208 valence electrons. The number of hydrogen-bond donors (Lipinski definition) is 2. The number of non-ortho nitro benzene ring substituents is 1. The SMILES string of the molecule is O=c1c(N=Nc2ccc(S(=O)(=O)O)cc2)c(-c2ccc([N+](=O)[O-])cc2)[nH]n1-c1ccnc2ccc(C(F)(F)F)cc12. The first-order valence-corrected chi connectivity index (χ1v) is 12.8. The van der Waals surface area contributed by atoms with Crippen LogP contribution in [0.5, 0.6) is 0 Å². The Balaban J connectivity index is 1.69. The minimum absolute atomic E-state index is 0.00483. The smallest absolute Gasteiger partial charge is 0.288 e. The van der Waals surface area contributed by atoms with Crippen molar-refractivity contribution in [2.45, 2.75) is 11.1 Å². The van der Waals surface area contributed by atoms with E-state index in [9.17, 15) is 36.5 Å². The highest BCUT2D eigenvalue weighted by molar-refractivity contribution is 7.85. The molecule has 0 saturated carbocycles. The number of aromatic nitrogens is 3. The minimum atomic E-state index is -4.66. The zero-order valence-corrected chi connectivity index (χ0v) is 21.1. The number of rotatable bonds is 6. The lowest BCUT2D eigenvalue weighted by atomic mass is 10.1. The van der Waals surface area contributed by atoms with Crippen LogP contribution in [0.1, 0.15) is 5.56 Å². The number of nitro groups is 1. The van der Waals surface area contributed by atoms with E-state index in [-0.39, 0.29) is 44.9 Å². The van der Waals surface area contributed by atoms with E-state index in [1.807, 2.05) is 0 Å². The van der Waals surface area contributed by atoms with Crippen LogP contribution >= 0.6 is 0 Å². The van der Waals surface area contributed by atoms with Crippen molar-refractivity contribution in [3.63, 3.8) is 0 Å². The van der Waals surface area contributed by atoms with E-state index in [0.29, 0.717) is 0 Å². The van der Waals surface area contributed by atoms with E-state index < -0.39 is 37.2 Å². The average molecular weight is 584 g/mol. The Kier molecular flexibility index (Phi) is 6.72. The highest BCUT2D eigenvalue weighted by atomic mass is 32.2. The van der Waals surface area contributed by atoms with Crippen molar-refractivity contribution in [2.24, 2.45) is 10.2 Å². The van der Waals surface area contributed by atoms with Crippen LogP contribution in [-0.4, -0.2) is 32.7 Å². The van der Waals surface area contributed by atoms with Gasteiger partial charge >= 0.3 is 6.18 Å². The molecule has 2 heterocycles. The Morgan fingerprint density at radius 3 is 2.27 bits per heavy atom. The maximum Gasteiger partial charge on any atom is 0.416 e.